The summed E-state index contributed by atoms with van der Waals surface area (Å²) in [5.41, 5.74) is 0. The molecule has 0 amide bonds. The van der Waals surface area contributed by atoms with Crippen molar-refractivity contribution in [2.75, 3.05) is 27.2 Å². The number of unbranched alkanes of at least 4 members (excludes halogenated alkanes) is 1. The van der Waals surface area contributed by atoms with Gasteiger partial charge >= 0.3 is 0 Å². The molecular formula is C9H20N2. The van der Waals surface area contributed by atoms with Crippen LogP contribution >= 0.6 is 0 Å². The minimum atomic E-state index is 0.858. The molecule has 0 radical (unpaired) electrons. The van der Waals surface area contributed by atoms with Gasteiger partial charge in [0.15, 0.2) is 0 Å². The molecule has 2 heteroatoms. The topological polar surface area (TPSA) is 15.3 Å². The normalized spacial score (nSPS) is 23.7. The zero-order chi connectivity index (χ0) is 8.10. The lowest BCUT2D eigenvalue weighted by Gasteiger charge is -2.27. The molecule has 66 valence electrons. The van der Waals surface area contributed by atoms with Gasteiger partial charge in [0.05, 0.1) is 0 Å². The molecule has 11 heavy (non-hydrogen) atoms. The van der Waals surface area contributed by atoms with Crippen molar-refractivity contribution in [1.29, 1.82) is 0 Å². The molecule has 2 nitrogen and oxygen atoms in total. The van der Waals surface area contributed by atoms with Crippen molar-refractivity contribution >= 4 is 0 Å². The van der Waals surface area contributed by atoms with Crippen molar-refractivity contribution in [1.82, 2.24) is 10.2 Å². The standard InChI is InChI=1S/C9H20N2/c1-11(2)8-4-3-5-9-6-7-10-9/h9-10H,3-8H2,1-2H3. The van der Waals surface area contributed by atoms with Gasteiger partial charge in [-0.2, -0.15) is 0 Å². The molecule has 1 unspecified atom stereocenters. The first-order valence-electron chi connectivity index (χ1n) is 4.67. The van der Waals surface area contributed by atoms with Gasteiger partial charge in [0.25, 0.3) is 0 Å². The van der Waals surface area contributed by atoms with E-state index < -0.39 is 0 Å². The highest BCUT2D eigenvalue weighted by Gasteiger charge is 2.14. The van der Waals surface area contributed by atoms with Crippen LogP contribution in [0.2, 0.25) is 0 Å². The Morgan fingerprint density at radius 2 is 2.09 bits per heavy atom. The third kappa shape index (κ3) is 3.73. The average molecular weight is 156 g/mol. The maximum atomic E-state index is 3.42. The molecule has 1 saturated heterocycles. The van der Waals surface area contributed by atoms with E-state index >= 15 is 0 Å². The Labute approximate surface area is 70.0 Å². The Morgan fingerprint density at radius 3 is 2.55 bits per heavy atom. The van der Waals surface area contributed by atoms with E-state index in [2.05, 4.69) is 24.3 Å². The second kappa shape index (κ2) is 4.73. The number of nitrogens with one attached hydrogen (secondary N) is 1. The van der Waals surface area contributed by atoms with E-state index in [0.29, 0.717) is 0 Å². The number of hydrogen-bond acceptors (Lipinski definition) is 2. The molecule has 1 fully saturated rings. The van der Waals surface area contributed by atoms with Gasteiger partial charge in [-0.3, -0.25) is 0 Å². The van der Waals surface area contributed by atoms with Crippen molar-refractivity contribution < 1.29 is 0 Å². The zero-order valence-electron chi connectivity index (χ0n) is 7.77. The fourth-order valence-corrected chi connectivity index (χ4v) is 1.41. The van der Waals surface area contributed by atoms with Crippen molar-refractivity contribution in [3.05, 3.63) is 0 Å². The van der Waals surface area contributed by atoms with E-state index in [1.54, 1.807) is 0 Å². The van der Waals surface area contributed by atoms with Crippen LogP contribution < -0.4 is 5.32 Å². The van der Waals surface area contributed by atoms with Gasteiger partial charge in [-0.15, -0.1) is 0 Å². The van der Waals surface area contributed by atoms with Crippen LogP contribution in [0, 0.1) is 0 Å². The summed E-state index contributed by atoms with van der Waals surface area (Å²) in [7, 11) is 4.28. The Hall–Kier alpha value is -0.0800. The third-order valence-electron chi connectivity index (χ3n) is 2.33. The van der Waals surface area contributed by atoms with Crippen LogP contribution in [0.5, 0.6) is 0 Å². The summed E-state index contributed by atoms with van der Waals surface area (Å²) in [5, 5.41) is 3.42. The molecular weight excluding hydrogens is 136 g/mol. The molecule has 1 aliphatic heterocycles. The Balaban J connectivity index is 1.80. The summed E-state index contributed by atoms with van der Waals surface area (Å²) in [4.78, 5) is 2.26. The number of hydrogen-bond donors (Lipinski definition) is 1. The van der Waals surface area contributed by atoms with Gasteiger partial charge in [-0.25, -0.2) is 0 Å². The van der Waals surface area contributed by atoms with Crippen LogP contribution in [0.4, 0.5) is 0 Å². The van der Waals surface area contributed by atoms with E-state index in [-0.39, 0.29) is 0 Å². The maximum absolute atomic E-state index is 3.42. The number of nitrogens with zero attached hydrogens (tertiary/aromatic N) is 1. The van der Waals surface area contributed by atoms with Crippen LogP contribution in [0.25, 0.3) is 0 Å². The molecule has 0 aromatic rings. The second-order valence-electron chi connectivity index (χ2n) is 3.74. The molecule has 0 aromatic heterocycles. The highest BCUT2D eigenvalue weighted by Crippen LogP contribution is 2.10. The predicted octanol–water partition coefficient (Wildman–Crippen LogP) is 1.08. The van der Waals surface area contributed by atoms with Crippen molar-refractivity contribution in [2.45, 2.75) is 31.7 Å². The van der Waals surface area contributed by atoms with Crippen LogP contribution in [-0.4, -0.2) is 38.1 Å². The van der Waals surface area contributed by atoms with Gasteiger partial charge in [-0.05, 0) is 46.4 Å². The van der Waals surface area contributed by atoms with E-state index in [4.69, 9.17) is 0 Å². The Bertz CT molecular complexity index is 97.7. The molecule has 1 heterocycles. The zero-order valence-corrected chi connectivity index (χ0v) is 7.77. The Morgan fingerprint density at radius 1 is 1.36 bits per heavy atom. The summed E-state index contributed by atoms with van der Waals surface area (Å²) in [6.45, 7) is 2.49. The van der Waals surface area contributed by atoms with E-state index in [1.807, 2.05) is 0 Å². The molecule has 1 N–H and O–H groups in total. The summed E-state index contributed by atoms with van der Waals surface area (Å²) in [5.74, 6) is 0. The minimum Gasteiger partial charge on any atom is -0.314 e. The number of rotatable bonds is 5. The fourth-order valence-electron chi connectivity index (χ4n) is 1.41. The highest BCUT2D eigenvalue weighted by molar-refractivity contribution is 4.76. The first kappa shape index (κ1) is 9.01. The predicted molar refractivity (Wildman–Crippen MR) is 48.8 cm³/mol. The van der Waals surface area contributed by atoms with Crippen LogP contribution in [0.15, 0.2) is 0 Å². The first-order valence-corrected chi connectivity index (χ1v) is 4.67. The Kier molecular flexibility index (Phi) is 3.87. The fraction of sp³-hybridized carbons (Fsp3) is 1.00. The van der Waals surface area contributed by atoms with E-state index in [0.717, 1.165) is 6.04 Å². The van der Waals surface area contributed by atoms with E-state index in [1.165, 1.54) is 38.8 Å². The molecule has 0 saturated carbocycles. The lowest BCUT2D eigenvalue weighted by molar-refractivity contribution is 0.326. The SMILES string of the molecule is CN(C)CCCCC1CCN1. The van der Waals surface area contributed by atoms with Gasteiger partial charge in [0, 0.05) is 6.04 Å². The maximum Gasteiger partial charge on any atom is 0.00791 e. The van der Waals surface area contributed by atoms with Crippen molar-refractivity contribution in [3.8, 4) is 0 Å². The average Bonchev–Trinajstić information content (AvgIpc) is 1.82. The molecule has 0 aromatic carbocycles. The lowest BCUT2D eigenvalue weighted by atomic mass is 10.0. The molecule has 0 spiro atoms. The van der Waals surface area contributed by atoms with Gasteiger partial charge < -0.3 is 10.2 Å². The smallest absolute Gasteiger partial charge is 0.00791 e. The molecule has 1 rings (SSSR count). The minimum absolute atomic E-state index is 0.858. The molecule has 1 aliphatic rings. The summed E-state index contributed by atoms with van der Waals surface area (Å²) >= 11 is 0. The van der Waals surface area contributed by atoms with Crippen LogP contribution in [-0.2, 0) is 0 Å². The molecule has 0 aliphatic carbocycles. The summed E-state index contributed by atoms with van der Waals surface area (Å²) in [6, 6.07) is 0.858. The third-order valence-corrected chi connectivity index (χ3v) is 2.33. The quantitative estimate of drug-likeness (QED) is 0.599. The van der Waals surface area contributed by atoms with Crippen LogP contribution in [0.1, 0.15) is 25.7 Å². The van der Waals surface area contributed by atoms with Crippen molar-refractivity contribution in [2.24, 2.45) is 0 Å². The van der Waals surface area contributed by atoms with Crippen LogP contribution in [0.3, 0.4) is 0 Å². The lowest BCUT2D eigenvalue weighted by Crippen LogP contribution is -2.42. The van der Waals surface area contributed by atoms with Gasteiger partial charge in [0.2, 0.25) is 0 Å². The van der Waals surface area contributed by atoms with Gasteiger partial charge in [0.1, 0.15) is 0 Å². The molecule has 1 atom stereocenters. The largest absolute Gasteiger partial charge is 0.314 e. The monoisotopic (exact) mass is 156 g/mol. The highest BCUT2D eigenvalue weighted by atomic mass is 15.0. The summed E-state index contributed by atoms with van der Waals surface area (Å²) < 4.78 is 0. The second-order valence-corrected chi connectivity index (χ2v) is 3.74. The summed E-state index contributed by atoms with van der Waals surface area (Å²) in [6.07, 6.45) is 5.52. The molecule has 0 bridgehead atoms. The van der Waals surface area contributed by atoms with E-state index in [9.17, 15) is 0 Å². The van der Waals surface area contributed by atoms with Crippen molar-refractivity contribution in [3.63, 3.8) is 0 Å². The van der Waals surface area contributed by atoms with Gasteiger partial charge in [-0.1, -0.05) is 6.42 Å². The first-order chi connectivity index (χ1) is 5.29.